The Hall–Kier alpha value is -0.560. The maximum Gasteiger partial charge on any atom is 0.237 e. The second kappa shape index (κ2) is 8.74. The molecule has 6 aliphatic rings. The first-order valence-electron chi connectivity index (χ1n) is 14.3. The normalized spacial score (nSPS) is 50.9. The highest BCUT2D eigenvalue weighted by molar-refractivity contribution is 7.77. The highest BCUT2D eigenvalue weighted by atomic mass is 32.2. The molecule has 0 bridgehead atoms. The van der Waals surface area contributed by atoms with Crippen LogP contribution in [0, 0.1) is 40.9 Å². The highest BCUT2D eigenvalue weighted by Gasteiger charge is 2.60. The third-order valence-corrected chi connectivity index (χ3v) is 12.9. The number of carbonyl (C=O) groups is 1. The van der Waals surface area contributed by atoms with Gasteiger partial charge in [0, 0.05) is 25.3 Å². The molecular weight excluding hydrogens is 458 g/mol. The summed E-state index contributed by atoms with van der Waals surface area (Å²) in [5.74, 6) is 4.13. The second-order valence-electron chi connectivity index (χ2n) is 13.4. The Morgan fingerprint density at radius 2 is 1.94 bits per heavy atom. The van der Waals surface area contributed by atoms with Crippen molar-refractivity contribution < 1.29 is 17.9 Å². The summed E-state index contributed by atoms with van der Waals surface area (Å²) in [6, 6.07) is 0.171. The van der Waals surface area contributed by atoms with Gasteiger partial charge in [0.25, 0.3) is 0 Å². The number of ketones is 1. The van der Waals surface area contributed by atoms with E-state index in [1.165, 1.54) is 25.7 Å². The van der Waals surface area contributed by atoms with Gasteiger partial charge in [0.15, 0.2) is 0 Å². The molecule has 196 valence electrons. The molecule has 2 aliphatic heterocycles. The average molecular weight is 504 g/mol. The van der Waals surface area contributed by atoms with Crippen molar-refractivity contribution >= 4 is 17.0 Å². The molecule has 0 aromatic heterocycles. The van der Waals surface area contributed by atoms with E-state index < -0.39 is 11.3 Å². The zero-order valence-corrected chi connectivity index (χ0v) is 23.2. The fourth-order valence-electron chi connectivity index (χ4n) is 10.0. The zero-order valence-electron chi connectivity index (χ0n) is 22.4. The van der Waals surface area contributed by atoms with Crippen molar-refractivity contribution in [2.24, 2.45) is 40.9 Å². The van der Waals surface area contributed by atoms with Crippen LogP contribution in [0.2, 0.25) is 0 Å². The van der Waals surface area contributed by atoms with Crippen LogP contribution in [0.4, 0.5) is 0 Å². The molecule has 3 saturated carbocycles. The van der Waals surface area contributed by atoms with E-state index in [9.17, 15) is 9.00 Å². The number of rotatable bonds is 2. The first kappa shape index (κ1) is 24.8. The first-order chi connectivity index (χ1) is 16.7. The largest absolute Gasteiger partial charge is 0.369 e. The zero-order chi connectivity index (χ0) is 24.7. The summed E-state index contributed by atoms with van der Waals surface area (Å²) >= 11 is -1.40. The van der Waals surface area contributed by atoms with E-state index >= 15 is 0 Å². The molecule has 11 atom stereocenters. The molecular formula is C29H45NO4S. The van der Waals surface area contributed by atoms with E-state index in [1.54, 1.807) is 18.3 Å². The summed E-state index contributed by atoms with van der Waals surface area (Å²) in [6.07, 6.45) is 11.1. The van der Waals surface area contributed by atoms with Gasteiger partial charge in [0.2, 0.25) is 11.3 Å². The van der Waals surface area contributed by atoms with Crippen molar-refractivity contribution in [1.82, 2.24) is 4.31 Å². The van der Waals surface area contributed by atoms with Crippen LogP contribution in [0.15, 0.2) is 11.1 Å². The molecule has 1 unspecified atom stereocenters. The smallest absolute Gasteiger partial charge is 0.237 e. The number of fused-ring (bicyclic) bond motifs is 6. The lowest BCUT2D eigenvalue weighted by atomic mass is 9.52. The van der Waals surface area contributed by atoms with Gasteiger partial charge in [-0.25, -0.2) is 4.21 Å². The molecule has 0 amide bonds. The molecule has 2 saturated heterocycles. The summed E-state index contributed by atoms with van der Waals surface area (Å²) < 4.78 is 27.3. The summed E-state index contributed by atoms with van der Waals surface area (Å²) in [7, 11) is 1.55. The van der Waals surface area contributed by atoms with Gasteiger partial charge in [0.1, 0.15) is 5.78 Å². The predicted octanol–water partition coefficient (Wildman–Crippen LogP) is 5.62. The lowest BCUT2D eigenvalue weighted by Crippen LogP contribution is -2.52. The van der Waals surface area contributed by atoms with Crippen LogP contribution in [-0.2, 0) is 25.0 Å². The van der Waals surface area contributed by atoms with Crippen LogP contribution >= 0.6 is 0 Å². The maximum absolute atomic E-state index is 12.8. The summed E-state index contributed by atoms with van der Waals surface area (Å²) in [5.41, 5.74) is 3.52. The van der Waals surface area contributed by atoms with Crippen molar-refractivity contribution in [3.05, 3.63) is 11.1 Å². The van der Waals surface area contributed by atoms with Crippen LogP contribution in [0.1, 0.15) is 91.9 Å². The van der Waals surface area contributed by atoms with Gasteiger partial charge in [-0.3, -0.25) is 8.98 Å². The third kappa shape index (κ3) is 3.71. The monoisotopic (exact) mass is 503 g/mol. The molecule has 0 aromatic rings. The Kier molecular flexibility index (Phi) is 6.19. The summed E-state index contributed by atoms with van der Waals surface area (Å²) in [6.45, 7) is 10.3. The number of hydrogen-bond donors (Lipinski definition) is 0. The Balaban J connectivity index is 1.28. The Labute approximate surface area is 214 Å². The molecule has 0 aromatic carbocycles. The van der Waals surface area contributed by atoms with Crippen molar-refractivity contribution in [2.75, 3.05) is 13.7 Å². The van der Waals surface area contributed by atoms with Crippen LogP contribution in [0.3, 0.4) is 0 Å². The molecule has 0 N–H and O–H groups in total. The van der Waals surface area contributed by atoms with Crippen molar-refractivity contribution in [3.63, 3.8) is 0 Å². The SMILES string of the molecule is COS(=O)N1C[C@@H](C)C[C@H]2O[C@]3(CC[C@@H]4C(=C(C)C3)C[C@H]3[C@H]4CC[C@@H]4CC(=O)CC[C@@]43C)[C@H](C)[C@@H]21. The Bertz CT molecular complexity index is 949. The maximum atomic E-state index is 12.8. The van der Waals surface area contributed by atoms with Crippen molar-refractivity contribution in [1.29, 1.82) is 0 Å². The number of carbonyl (C=O) groups excluding carboxylic acids is 1. The minimum absolute atomic E-state index is 0.144. The van der Waals surface area contributed by atoms with Gasteiger partial charge in [-0.05, 0) is 93.3 Å². The number of nitrogens with zero attached hydrogens (tertiary/aromatic N) is 1. The van der Waals surface area contributed by atoms with E-state index in [2.05, 4.69) is 32.0 Å². The minimum Gasteiger partial charge on any atom is -0.369 e. The summed E-state index contributed by atoms with van der Waals surface area (Å²) in [5, 5.41) is 0. The molecule has 4 aliphatic carbocycles. The number of piperidine rings is 1. The molecule has 5 fully saturated rings. The number of hydrogen-bond acceptors (Lipinski definition) is 4. The fourth-order valence-corrected chi connectivity index (χ4v) is 11.1. The Morgan fingerprint density at radius 3 is 2.71 bits per heavy atom. The van der Waals surface area contributed by atoms with E-state index in [4.69, 9.17) is 8.92 Å². The molecule has 6 rings (SSSR count). The van der Waals surface area contributed by atoms with Gasteiger partial charge < -0.3 is 4.74 Å². The van der Waals surface area contributed by atoms with Gasteiger partial charge in [0.05, 0.1) is 24.9 Å². The van der Waals surface area contributed by atoms with Crippen molar-refractivity contribution in [3.8, 4) is 0 Å². The van der Waals surface area contributed by atoms with Crippen LogP contribution in [0.5, 0.6) is 0 Å². The lowest BCUT2D eigenvalue weighted by Gasteiger charge is -2.52. The van der Waals surface area contributed by atoms with Crippen LogP contribution in [-0.4, -0.2) is 45.7 Å². The van der Waals surface area contributed by atoms with Crippen molar-refractivity contribution in [2.45, 2.75) is 110 Å². The summed E-state index contributed by atoms with van der Waals surface area (Å²) in [4.78, 5) is 12.2. The van der Waals surface area contributed by atoms with Gasteiger partial charge in [-0.1, -0.05) is 31.9 Å². The topological polar surface area (TPSA) is 55.8 Å². The second-order valence-corrected chi connectivity index (χ2v) is 14.7. The molecule has 35 heavy (non-hydrogen) atoms. The van der Waals surface area contributed by atoms with E-state index in [0.717, 1.165) is 56.9 Å². The Morgan fingerprint density at radius 1 is 1.14 bits per heavy atom. The van der Waals surface area contributed by atoms with Gasteiger partial charge in [-0.2, -0.15) is 4.31 Å². The average Bonchev–Trinajstić information content (AvgIpc) is 3.28. The van der Waals surface area contributed by atoms with E-state index in [0.29, 0.717) is 34.9 Å². The van der Waals surface area contributed by atoms with Gasteiger partial charge >= 0.3 is 0 Å². The van der Waals surface area contributed by atoms with Crippen LogP contribution < -0.4 is 0 Å². The fraction of sp³-hybridized carbons (Fsp3) is 0.897. The number of Topliss-reactive ketones (excluding diaryl/α,β-unsaturated/α-hetero) is 1. The van der Waals surface area contributed by atoms with E-state index in [-0.39, 0.29) is 17.7 Å². The number of allylic oxidation sites excluding steroid dienone is 1. The third-order valence-electron chi connectivity index (χ3n) is 11.9. The minimum atomic E-state index is -1.40. The predicted molar refractivity (Wildman–Crippen MR) is 138 cm³/mol. The molecule has 6 heteroatoms. The standard InChI is InChI=1S/C29H45NO4S/c1-17-12-26-27(30(16-17)35(32)33-5)19(3)29(34-26)11-9-22-23-7-6-20-13-21(31)8-10-28(20,4)25(23)14-24(22)18(2)15-29/h17,19-20,22-23,25-27H,6-16H2,1-5H3/t17-,19+,20+,22-,23-,25-,26+,27-,28-,29-,35?/m0/s1. The molecule has 0 radical (unpaired) electrons. The highest BCUT2D eigenvalue weighted by Crippen LogP contribution is 2.65. The molecule has 2 heterocycles. The molecule has 1 spiro atoms. The van der Waals surface area contributed by atoms with Gasteiger partial charge in [-0.15, -0.1) is 0 Å². The van der Waals surface area contributed by atoms with Crippen LogP contribution in [0.25, 0.3) is 0 Å². The lowest BCUT2D eigenvalue weighted by molar-refractivity contribution is -0.129. The number of ether oxygens (including phenoxy) is 1. The quantitative estimate of drug-likeness (QED) is 0.459. The van der Waals surface area contributed by atoms with E-state index in [1.807, 2.05) is 0 Å². The molecule has 5 nitrogen and oxygen atoms in total. The first-order valence-corrected chi connectivity index (χ1v) is 15.3.